The first-order chi connectivity index (χ1) is 10.1. The minimum Gasteiger partial charge on any atom is -0.357 e. The molecule has 2 N–H and O–H groups in total. The molecule has 1 aromatic heterocycles. The molecule has 0 saturated heterocycles. The summed E-state index contributed by atoms with van der Waals surface area (Å²) in [7, 11) is 0. The number of aryl methyl sites for hydroxylation is 2. The van der Waals surface area contributed by atoms with Gasteiger partial charge in [0.1, 0.15) is 5.01 Å². The highest BCUT2D eigenvalue weighted by Crippen LogP contribution is 2.23. The summed E-state index contributed by atoms with van der Waals surface area (Å²) < 4.78 is 0. The van der Waals surface area contributed by atoms with Crippen LogP contribution in [0.5, 0.6) is 0 Å². The fourth-order valence-corrected chi connectivity index (χ4v) is 3.69. The molecule has 6 heteroatoms. The molecule has 2 unspecified atom stereocenters. The van der Waals surface area contributed by atoms with Crippen LogP contribution in [0.15, 0.2) is 4.99 Å². The average molecular weight is 436 g/mol. The Hall–Kier alpha value is -0.370. The van der Waals surface area contributed by atoms with E-state index >= 15 is 0 Å². The van der Waals surface area contributed by atoms with Gasteiger partial charge in [-0.3, -0.25) is 0 Å². The molecule has 0 bridgehead atoms. The molecule has 126 valence electrons. The van der Waals surface area contributed by atoms with Crippen LogP contribution in [-0.2, 0) is 6.54 Å². The number of hydrogen-bond acceptors (Lipinski definition) is 3. The van der Waals surface area contributed by atoms with Gasteiger partial charge in [-0.2, -0.15) is 0 Å². The molecule has 0 spiro atoms. The van der Waals surface area contributed by atoms with E-state index in [1.165, 1.54) is 30.6 Å². The second-order valence-electron chi connectivity index (χ2n) is 6.06. The first-order valence-corrected chi connectivity index (χ1v) is 8.88. The fourth-order valence-electron chi connectivity index (χ4n) is 2.83. The summed E-state index contributed by atoms with van der Waals surface area (Å²) in [6, 6.07) is 0.561. The molecule has 0 aromatic carbocycles. The van der Waals surface area contributed by atoms with Crippen LogP contribution >= 0.6 is 35.3 Å². The van der Waals surface area contributed by atoms with Gasteiger partial charge in [-0.05, 0) is 39.5 Å². The maximum Gasteiger partial charge on any atom is 0.191 e. The zero-order valence-corrected chi connectivity index (χ0v) is 17.3. The van der Waals surface area contributed by atoms with E-state index in [9.17, 15) is 0 Å². The highest BCUT2D eigenvalue weighted by atomic mass is 127. The van der Waals surface area contributed by atoms with Crippen molar-refractivity contribution < 1.29 is 0 Å². The maximum atomic E-state index is 4.70. The van der Waals surface area contributed by atoms with Crippen molar-refractivity contribution in [3.8, 4) is 0 Å². The van der Waals surface area contributed by atoms with Crippen molar-refractivity contribution in [1.29, 1.82) is 0 Å². The fraction of sp³-hybridized carbons (Fsp3) is 0.750. The van der Waals surface area contributed by atoms with Crippen molar-refractivity contribution in [3.63, 3.8) is 0 Å². The first-order valence-electron chi connectivity index (χ1n) is 8.06. The lowest BCUT2D eigenvalue weighted by Gasteiger charge is -2.28. The third kappa shape index (κ3) is 6.02. The number of nitrogens with zero attached hydrogens (tertiary/aromatic N) is 2. The second kappa shape index (κ2) is 9.70. The molecule has 1 aliphatic carbocycles. The Morgan fingerprint density at radius 2 is 2.14 bits per heavy atom. The number of thiazole rings is 1. The molecule has 22 heavy (non-hydrogen) atoms. The van der Waals surface area contributed by atoms with Gasteiger partial charge in [0.05, 0.1) is 12.2 Å². The van der Waals surface area contributed by atoms with Crippen molar-refractivity contribution in [3.05, 3.63) is 15.6 Å². The summed E-state index contributed by atoms with van der Waals surface area (Å²) in [6.07, 6.45) is 5.19. The van der Waals surface area contributed by atoms with Crippen molar-refractivity contribution in [2.24, 2.45) is 10.9 Å². The molecule has 1 aliphatic rings. The standard InChI is InChI=1S/C16H28N4S.HI/c1-5-17-16(20-14-8-6-7-11(2)9-14)18-10-15-19-12(3)13(4)21-15;/h11,14H,5-10H2,1-4H3,(H2,17,18,20);1H. The van der Waals surface area contributed by atoms with E-state index in [1.807, 2.05) is 0 Å². The van der Waals surface area contributed by atoms with Crippen LogP contribution in [0.25, 0.3) is 0 Å². The molecule has 0 aliphatic heterocycles. The van der Waals surface area contributed by atoms with Gasteiger partial charge in [0, 0.05) is 17.5 Å². The second-order valence-corrected chi connectivity index (χ2v) is 7.35. The Balaban J connectivity index is 0.00000242. The van der Waals surface area contributed by atoms with Gasteiger partial charge in [-0.15, -0.1) is 35.3 Å². The Labute approximate surface area is 155 Å². The number of guanidine groups is 1. The van der Waals surface area contributed by atoms with E-state index in [0.717, 1.165) is 29.1 Å². The van der Waals surface area contributed by atoms with Crippen molar-refractivity contribution in [2.45, 2.75) is 66.0 Å². The first kappa shape index (κ1) is 19.7. The molecule has 4 nitrogen and oxygen atoms in total. The molecule has 2 rings (SSSR count). The van der Waals surface area contributed by atoms with Crippen LogP contribution in [0.4, 0.5) is 0 Å². The van der Waals surface area contributed by atoms with Gasteiger partial charge in [0.2, 0.25) is 0 Å². The lowest BCUT2D eigenvalue weighted by Crippen LogP contribution is -2.45. The number of rotatable bonds is 4. The van der Waals surface area contributed by atoms with Crippen molar-refractivity contribution in [1.82, 2.24) is 15.6 Å². The average Bonchev–Trinajstić information content (AvgIpc) is 2.75. The van der Waals surface area contributed by atoms with Gasteiger partial charge in [-0.25, -0.2) is 9.98 Å². The van der Waals surface area contributed by atoms with E-state index in [2.05, 4.69) is 43.3 Å². The predicted molar refractivity (Wildman–Crippen MR) is 106 cm³/mol. The topological polar surface area (TPSA) is 49.3 Å². The van der Waals surface area contributed by atoms with Gasteiger partial charge in [-0.1, -0.05) is 19.8 Å². The lowest BCUT2D eigenvalue weighted by atomic mass is 9.87. The zero-order chi connectivity index (χ0) is 15.2. The minimum atomic E-state index is 0. The largest absolute Gasteiger partial charge is 0.357 e. The molecule has 1 aromatic rings. The van der Waals surface area contributed by atoms with Crippen LogP contribution in [0, 0.1) is 19.8 Å². The van der Waals surface area contributed by atoms with Crippen LogP contribution < -0.4 is 10.6 Å². The molecule has 1 fully saturated rings. The highest BCUT2D eigenvalue weighted by molar-refractivity contribution is 14.0. The van der Waals surface area contributed by atoms with E-state index in [1.54, 1.807) is 11.3 Å². The van der Waals surface area contributed by atoms with E-state index in [4.69, 9.17) is 4.99 Å². The zero-order valence-electron chi connectivity index (χ0n) is 14.1. The molecule has 1 heterocycles. The van der Waals surface area contributed by atoms with E-state index in [-0.39, 0.29) is 24.0 Å². The Morgan fingerprint density at radius 3 is 2.73 bits per heavy atom. The molecular formula is C16H29IN4S. The number of halogens is 1. The van der Waals surface area contributed by atoms with E-state index < -0.39 is 0 Å². The number of aliphatic imine (C=N–C) groups is 1. The Kier molecular flexibility index (Phi) is 8.67. The van der Waals surface area contributed by atoms with Gasteiger partial charge in [0.15, 0.2) is 5.96 Å². The van der Waals surface area contributed by atoms with Crippen LogP contribution in [0.1, 0.15) is 55.1 Å². The normalized spacial score (nSPS) is 22.1. The SMILES string of the molecule is CCNC(=NCc1nc(C)c(C)s1)NC1CCCC(C)C1.I. The van der Waals surface area contributed by atoms with Crippen LogP contribution in [0.3, 0.4) is 0 Å². The third-order valence-electron chi connectivity index (χ3n) is 4.07. The van der Waals surface area contributed by atoms with Crippen molar-refractivity contribution >= 4 is 41.3 Å². The molecule has 1 saturated carbocycles. The summed E-state index contributed by atoms with van der Waals surface area (Å²) in [5.74, 6) is 1.76. The smallest absolute Gasteiger partial charge is 0.191 e. The Bertz CT molecular complexity index is 467. The number of nitrogens with one attached hydrogen (secondary N) is 2. The van der Waals surface area contributed by atoms with E-state index in [0.29, 0.717) is 12.6 Å². The monoisotopic (exact) mass is 436 g/mol. The number of aromatic nitrogens is 1. The maximum absolute atomic E-state index is 4.70. The summed E-state index contributed by atoms with van der Waals surface area (Å²) in [6.45, 7) is 10.2. The van der Waals surface area contributed by atoms with Gasteiger partial charge < -0.3 is 10.6 Å². The van der Waals surface area contributed by atoms with Crippen LogP contribution in [-0.4, -0.2) is 23.5 Å². The molecule has 0 radical (unpaired) electrons. The van der Waals surface area contributed by atoms with Gasteiger partial charge in [0.25, 0.3) is 0 Å². The quantitative estimate of drug-likeness (QED) is 0.426. The summed E-state index contributed by atoms with van der Waals surface area (Å²) >= 11 is 1.75. The molecule has 0 amide bonds. The minimum absolute atomic E-state index is 0. The van der Waals surface area contributed by atoms with Gasteiger partial charge >= 0.3 is 0 Å². The molecular weight excluding hydrogens is 407 g/mol. The Morgan fingerprint density at radius 1 is 1.36 bits per heavy atom. The summed E-state index contributed by atoms with van der Waals surface area (Å²) in [5.41, 5.74) is 1.13. The van der Waals surface area contributed by atoms with Crippen LogP contribution in [0.2, 0.25) is 0 Å². The van der Waals surface area contributed by atoms with Crippen molar-refractivity contribution in [2.75, 3.05) is 6.54 Å². The summed E-state index contributed by atoms with van der Waals surface area (Å²) in [4.78, 5) is 10.5. The third-order valence-corrected chi connectivity index (χ3v) is 5.12. The molecule has 2 atom stereocenters. The number of hydrogen-bond donors (Lipinski definition) is 2. The highest BCUT2D eigenvalue weighted by Gasteiger charge is 2.19. The summed E-state index contributed by atoms with van der Waals surface area (Å²) in [5, 5.41) is 8.04. The lowest BCUT2D eigenvalue weighted by molar-refractivity contribution is 0.324. The predicted octanol–water partition coefficient (Wildman–Crippen LogP) is 4.01.